The van der Waals surface area contributed by atoms with E-state index < -0.39 is 12.2 Å². The van der Waals surface area contributed by atoms with Crippen LogP contribution in [0.25, 0.3) is 0 Å². The summed E-state index contributed by atoms with van der Waals surface area (Å²) in [7, 11) is 0. The van der Waals surface area contributed by atoms with E-state index >= 15 is 0 Å². The lowest BCUT2D eigenvalue weighted by Gasteiger charge is -2.26. The number of ether oxygens (including phenoxy) is 2. The van der Waals surface area contributed by atoms with Crippen LogP contribution in [0.15, 0.2) is 140 Å². The van der Waals surface area contributed by atoms with Crippen LogP contribution in [0.5, 0.6) is 11.5 Å². The van der Waals surface area contributed by atoms with Crippen LogP contribution in [0.4, 0.5) is 32.3 Å². The number of para-hydroxylation sites is 4. The molecule has 0 atom stereocenters. The molecule has 0 saturated carbocycles. The number of hydrogen-bond donors (Lipinski definition) is 0. The van der Waals surface area contributed by atoms with Crippen molar-refractivity contribution in [2.75, 3.05) is 9.80 Å². The molecule has 0 radical (unpaired) electrons. The van der Waals surface area contributed by atoms with E-state index in [0.717, 1.165) is 5.56 Å². The molecule has 2 amide bonds. The molecule has 42 heavy (non-hydrogen) atoms. The van der Waals surface area contributed by atoms with Gasteiger partial charge in [0.2, 0.25) is 0 Å². The van der Waals surface area contributed by atoms with E-state index in [9.17, 15) is 9.59 Å². The van der Waals surface area contributed by atoms with Crippen LogP contribution in [-0.4, -0.2) is 12.2 Å². The zero-order valence-electron chi connectivity index (χ0n) is 23.8. The summed E-state index contributed by atoms with van der Waals surface area (Å²) in [5.74, 6) is 0.262. The van der Waals surface area contributed by atoms with Gasteiger partial charge in [0.05, 0.1) is 22.7 Å². The van der Waals surface area contributed by atoms with Crippen LogP contribution in [0.1, 0.15) is 26.3 Å². The summed E-state index contributed by atoms with van der Waals surface area (Å²) in [6, 6.07) is 42.3. The second-order valence-corrected chi connectivity index (χ2v) is 10.7. The quantitative estimate of drug-likeness (QED) is 0.209. The van der Waals surface area contributed by atoms with Crippen molar-refractivity contribution in [3.8, 4) is 11.5 Å². The van der Waals surface area contributed by atoms with Gasteiger partial charge in [-0.05, 0) is 71.6 Å². The topological polar surface area (TPSA) is 59.1 Å². The molecule has 5 rings (SSSR count). The summed E-state index contributed by atoms with van der Waals surface area (Å²) < 4.78 is 12.0. The highest BCUT2D eigenvalue weighted by molar-refractivity contribution is 5.99. The van der Waals surface area contributed by atoms with Crippen LogP contribution in [0.2, 0.25) is 0 Å². The summed E-state index contributed by atoms with van der Waals surface area (Å²) in [6.07, 6.45) is -1.28. The number of benzene rings is 5. The summed E-state index contributed by atoms with van der Waals surface area (Å²) in [4.78, 5) is 30.6. The lowest BCUT2D eigenvalue weighted by atomic mass is 9.87. The van der Waals surface area contributed by atoms with E-state index in [1.807, 2.05) is 127 Å². The summed E-state index contributed by atoms with van der Waals surface area (Å²) in [5.41, 5.74) is 3.22. The first-order valence-corrected chi connectivity index (χ1v) is 13.7. The van der Waals surface area contributed by atoms with E-state index in [4.69, 9.17) is 9.47 Å². The molecule has 0 N–H and O–H groups in total. The third-order valence-corrected chi connectivity index (χ3v) is 6.63. The largest absolute Gasteiger partial charge is 0.424 e. The molecule has 6 nitrogen and oxygen atoms in total. The second-order valence-electron chi connectivity index (χ2n) is 10.7. The highest BCUT2D eigenvalue weighted by atomic mass is 16.6. The van der Waals surface area contributed by atoms with E-state index in [2.05, 4.69) is 20.8 Å². The minimum atomic E-state index is -0.642. The summed E-state index contributed by atoms with van der Waals surface area (Å²) in [5, 5.41) is 0. The van der Waals surface area contributed by atoms with Gasteiger partial charge >= 0.3 is 12.2 Å². The van der Waals surface area contributed by atoms with Crippen molar-refractivity contribution in [3.05, 3.63) is 145 Å². The molecular weight excluding hydrogens is 524 g/mol. The highest BCUT2D eigenvalue weighted by Crippen LogP contribution is 2.36. The Kier molecular flexibility index (Phi) is 8.34. The van der Waals surface area contributed by atoms with Crippen LogP contribution >= 0.6 is 0 Å². The van der Waals surface area contributed by atoms with Gasteiger partial charge in [-0.3, -0.25) is 0 Å². The molecule has 0 spiro atoms. The van der Waals surface area contributed by atoms with Gasteiger partial charge in [-0.1, -0.05) is 99.6 Å². The summed E-state index contributed by atoms with van der Waals surface area (Å²) >= 11 is 0. The Labute approximate surface area is 246 Å². The smallest absolute Gasteiger partial charge is 0.406 e. The summed E-state index contributed by atoms with van der Waals surface area (Å²) in [6.45, 7) is 6.19. The van der Waals surface area contributed by atoms with Crippen molar-refractivity contribution in [1.82, 2.24) is 0 Å². The number of nitrogens with zero attached hydrogens (tertiary/aromatic N) is 2. The molecule has 5 aromatic rings. The Morgan fingerprint density at radius 2 is 0.810 bits per heavy atom. The van der Waals surface area contributed by atoms with Crippen molar-refractivity contribution < 1.29 is 19.1 Å². The highest BCUT2D eigenvalue weighted by Gasteiger charge is 2.26. The lowest BCUT2D eigenvalue weighted by molar-refractivity contribution is 0.200. The van der Waals surface area contributed by atoms with E-state index in [0.29, 0.717) is 22.7 Å². The molecule has 6 heteroatoms. The molecule has 0 saturated heterocycles. The third-order valence-electron chi connectivity index (χ3n) is 6.63. The van der Waals surface area contributed by atoms with Gasteiger partial charge in [0, 0.05) is 0 Å². The van der Waals surface area contributed by atoms with E-state index in [1.54, 1.807) is 12.1 Å². The van der Waals surface area contributed by atoms with Gasteiger partial charge in [-0.25, -0.2) is 19.4 Å². The maximum atomic E-state index is 13.8. The Morgan fingerprint density at radius 1 is 0.476 bits per heavy atom. The second kappa shape index (κ2) is 12.4. The first kappa shape index (κ1) is 28.2. The van der Waals surface area contributed by atoms with Gasteiger partial charge in [-0.15, -0.1) is 0 Å². The fraction of sp³-hybridized carbons (Fsp3) is 0.111. The van der Waals surface area contributed by atoms with Crippen LogP contribution in [0, 0.1) is 0 Å². The van der Waals surface area contributed by atoms with Gasteiger partial charge in [0.1, 0.15) is 0 Å². The molecule has 5 aromatic carbocycles. The number of carbonyl (C=O) groups excluding carboxylic acids is 2. The average molecular weight is 557 g/mol. The third kappa shape index (κ3) is 6.50. The van der Waals surface area contributed by atoms with E-state index in [-0.39, 0.29) is 16.9 Å². The van der Waals surface area contributed by atoms with Crippen molar-refractivity contribution >= 4 is 34.9 Å². The first-order chi connectivity index (χ1) is 20.3. The number of rotatable bonds is 6. The minimum absolute atomic E-state index is 0.124. The normalized spacial score (nSPS) is 10.9. The fourth-order valence-electron chi connectivity index (χ4n) is 4.45. The molecule has 0 heterocycles. The first-order valence-electron chi connectivity index (χ1n) is 13.7. The Morgan fingerprint density at radius 3 is 1.14 bits per heavy atom. The standard InChI is InChI=1S/C36H32N2O4/c1-36(2,3)27-24-25-32(41-34(39)37(28-16-8-4-9-17-28)29-18-10-5-11-19-29)33(26-27)42-35(40)38(30-20-12-6-13-21-30)31-22-14-7-15-23-31/h4-26H,1-3H3. The number of anilines is 4. The van der Waals surface area contributed by atoms with Gasteiger partial charge in [-0.2, -0.15) is 0 Å². The maximum Gasteiger partial charge on any atom is 0.424 e. The van der Waals surface area contributed by atoms with Crippen molar-refractivity contribution in [2.24, 2.45) is 0 Å². The Hall–Kier alpha value is -5.36. The molecular formula is C36H32N2O4. The SMILES string of the molecule is CC(C)(C)c1ccc(OC(=O)N(c2ccccc2)c2ccccc2)c(OC(=O)N(c2ccccc2)c2ccccc2)c1. The maximum absolute atomic E-state index is 13.8. The van der Waals surface area contributed by atoms with Gasteiger partial charge in [0.15, 0.2) is 11.5 Å². The zero-order chi connectivity index (χ0) is 29.5. The predicted octanol–water partition coefficient (Wildman–Crippen LogP) is 9.66. The number of hydrogen-bond acceptors (Lipinski definition) is 4. The minimum Gasteiger partial charge on any atom is -0.406 e. The monoisotopic (exact) mass is 556 g/mol. The Balaban J connectivity index is 1.52. The fourth-order valence-corrected chi connectivity index (χ4v) is 4.45. The molecule has 0 aliphatic carbocycles. The van der Waals surface area contributed by atoms with Crippen LogP contribution < -0.4 is 19.3 Å². The molecule has 0 aliphatic rings. The molecule has 0 fully saturated rings. The Bertz CT molecular complexity index is 1560. The molecule has 0 unspecified atom stereocenters. The van der Waals surface area contributed by atoms with Crippen LogP contribution in [-0.2, 0) is 5.41 Å². The predicted molar refractivity (Wildman–Crippen MR) is 167 cm³/mol. The van der Waals surface area contributed by atoms with Crippen molar-refractivity contribution in [3.63, 3.8) is 0 Å². The average Bonchev–Trinajstić information content (AvgIpc) is 3.00. The van der Waals surface area contributed by atoms with Crippen molar-refractivity contribution in [1.29, 1.82) is 0 Å². The molecule has 210 valence electrons. The lowest BCUT2D eigenvalue weighted by Crippen LogP contribution is -2.31. The van der Waals surface area contributed by atoms with Crippen molar-refractivity contribution in [2.45, 2.75) is 26.2 Å². The van der Waals surface area contributed by atoms with E-state index in [1.165, 1.54) is 9.80 Å². The molecule has 0 bridgehead atoms. The number of amides is 2. The van der Waals surface area contributed by atoms with Crippen LogP contribution in [0.3, 0.4) is 0 Å². The molecule has 0 aliphatic heterocycles. The zero-order valence-corrected chi connectivity index (χ0v) is 23.8. The number of carbonyl (C=O) groups is 2. The van der Waals surface area contributed by atoms with Gasteiger partial charge < -0.3 is 9.47 Å². The molecule has 0 aromatic heterocycles. The van der Waals surface area contributed by atoms with Gasteiger partial charge in [0.25, 0.3) is 0 Å².